The van der Waals surface area contributed by atoms with Crippen molar-refractivity contribution in [3.63, 3.8) is 0 Å². The van der Waals surface area contributed by atoms with Crippen LogP contribution in [0, 0.1) is 5.82 Å². The summed E-state index contributed by atoms with van der Waals surface area (Å²) in [5.74, 6) is -1.80. The van der Waals surface area contributed by atoms with E-state index in [1.807, 2.05) is 0 Å². The van der Waals surface area contributed by atoms with Crippen molar-refractivity contribution >= 4 is 21.8 Å². The van der Waals surface area contributed by atoms with Crippen molar-refractivity contribution in [2.75, 3.05) is 18.4 Å². The summed E-state index contributed by atoms with van der Waals surface area (Å²) in [6.07, 6.45) is -4.51. The third-order valence-electron chi connectivity index (χ3n) is 2.12. The van der Waals surface area contributed by atoms with Crippen LogP contribution >= 0.6 is 15.9 Å². The molecule has 0 atom stereocenters. The zero-order valence-corrected chi connectivity index (χ0v) is 10.8. The maximum absolute atomic E-state index is 13.3. The predicted molar refractivity (Wildman–Crippen MR) is 62.2 cm³/mol. The Morgan fingerprint density at radius 2 is 1.89 bits per heavy atom. The van der Waals surface area contributed by atoms with E-state index in [1.54, 1.807) is 0 Å². The number of halogens is 5. The fraction of sp³-hybridized carbons (Fsp3) is 0.364. The van der Waals surface area contributed by atoms with E-state index in [9.17, 15) is 22.4 Å². The van der Waals surface area contributed by atoms with Crippen molar-refractivity contribution in [3.8, 4) is 0 Å². The molecule has 18 heavy (non-hydrogen) atoms. The van der Waals surface area contributed by atoms with Crippen LogP contribution in [0.25, 0.3) is 0 Å². The summed E-state index contributed by atoms with van der Waals surface area (Å²) in [7, 11) is 0. The molecule has 0 radical (unpaired) electrons. The van der Waals surface area contributed by atoms with Crippen LogP contribution in [-0.4, -0.2) is 35.4 Å². The fourth-order valence-corrected chi connectivity index (χ4v) is 1.80. The minimum absolute atomic E-state index is 0.146. The molecule has 0 heterocycles. The van der Waals surface area contributed by atoms with Gasteiger partial charge in [0.25, 0.3) is 5.91 Å². The number of nitrogens with zero attached hydrogens (tertiary/aromatic N) is 1. The first-order valence-electron chi connectivity index (χ1n) is 5.01. The highest BCUT2D eigenvalue weighted by Crippen LogP contribution is 2.19. The zero-order valence-electron chi connectivity index (χ0n) is 9.18. The Bertz CT molecular complexity index is 422. The van der Waals surface area contributed by atoms with Gasteiger partial charge in [-0.3, -0.25) is 4.79 Å². The normalized spacial score (nSPS) is 11.4. The van der Waals surface area contributed by atoms with Gasteiger partial charge in [-0.2, -0.15) is 13.2 Å². The average Bonchev–Trinajstić information content (AvgIpc) is 2.26. The first kappa shape index (κ1) is 14.9. The monoisotopic (exact) mass is 327 g/mol. The summed E-state index contributed by atoms with van der Waals surface area (Å²) < 4.78 is 50.2. The molecular weight excluding hydrogens is 318 g/mol. The first-order chi connectivity index (χ1) is 8.35. The molecule has 0 aliphatic heterocycles. The quantitative estimate of drug-likeness (QED) is 0.614. The molecular formula is C11H10BrF4NO. The molecule has 1 amide bonds. The topological polar surface area (TPSA) is 20.3 Å². The fourth-order valence-electron chi connectivity index (χ4n) is 1.38. The van der Waals surface area contributed by atoms with Gasteiger partial charge in [0.1, 0.15) is 12.4 Å². The van der Waals surface area contributed by atoms with Crippen LogP contribution in [0.5, 0.6) is 0 Å². The van der Waals surface area contributed by atoms with Crippen LogP contribution in [0.4, 0.5) is 17.6 Å². The van der Waals surface area contributed by atoms with Crippen LogP contribution in [0.15, 0.2) is 24.3 Å². The van der Waals surface area contributed by atoms with E-state index in [2.05, 4.69) is 15.9 Å². The molecule has 2 nitrogen and oxygen atoms in total. The molecule has 0 N–H and O–H groups in total. The minimum Gasteiger partial charge on any atom is -0.329 e. The molecule has 1 aromatic carbocycles. The van der Waals surface area contributed by atoms with E-state index in [0.29, 0.717) is 4.90 Å². The van der Waals surface area contributed by atoms with Crippen LogP contribution in [0.2, 0.25) is 0 Å². The third kappa shape index (κ3) is 4.29. The van der Waals surface area contributed by atoms with Gasteiger partial charge in [0.05, 0.1) is 5.56 Å². The molecule has 0 spiro atoms. The number of benzene rings is 1. The molecule has 0 saturated carbocycles. The number of alkyl halides is 4. The highest BCUT2D eigenvalue weighted by molar-refractivity contribution is 9.09. The van der Waals surface area contributed by atoms with Gasteiger partial charge in [0.15, 0.2) is 0 Å². The zero-order chi connectivity index (χ0) is 13.8. The van der Waals surface area contributed by atoms with Crippen molar-refractivity contribution < 1.29 is 22.4 Å². The third-order valence-corrected chi connectivity index (χ3v) is 2.47. The Kier molecular flexibility index (Phi) is 5.13. The number of hydrogen-bond acceptors (Lipinski definition) is 1. The van der Waals surface area contributed by atoms with E-state index in [4.69, 9.17) is 0 Å². The number of carbonyl (C=O) groups is 1. The maximum atomic E-state index is 13.3. The molecule has 0 bridgehead atoms. The largest absolute Gasteiger partial charge is 0.406 e. The Hall–Kier alpha value is -1.11. The summed E-state index contributed by atoms with van der Waals surface area (Å²) in [6, 6.07) is 4.96. The van der Waals surface area contributed by atoms with Gasteiger partial charge >= 0.3 is 6.18 Å². The highest BCUT2D eigenvalue weighted by atomic mass is 79.9. The lowest BCUT2D eigenvalue weighted by molar-refractivity contribution is -0.140. The maximum Gasteiger partial charge on any atom is 0.406 e. The van der Waals surface area contributed by atoms with Crippen molar-refractivity contribution in [3.05, 3.63) is 35.6 Å². The summed E-state index contributed by atoms with van der Waals surface area (Å²) >= 11 is 2.96. The Labute approximate surface area is 110 Å². The molecule has 0 aliphatic rings. The van der Waals surface area contributed by atoms with Crippen LogP contribution in [0.1, 0.15) is 10.4 Å². The first-order valence-corrected chi connectivity index (χ1v) is 6.14. The van der Waals surface area contributed by atoms with E-state index in [1.165, 1.54) is 12.1 Å². The molecule has 100 valence electrons. The van der Waals surface area contributed by atoms with Crippen LogP contribution < -0.4 is 0 Å². The molecule has 1 aromatic rings. The number of carbonyl (C=O) groups excluding carboxylic acids is 1. The van der Waals surface area contributed by atoms with Crippen LogP contribution in [-0.2, 0) is 0 Å². The lowest BCUT2D eigenvalue weighted by atomic mass is 10.2. The number of rotatable bonds is 4. The van der Waals surface area contributed by atoms with Crippen LogP contribution in [0.3, 0.4) is 0 Å². The van der Waals surface area contributed by atoms with Gasteiger partial charge in [0, 0.05) is 11.9 Å². The lowest BCUT2D eigenvalue weighted by Gasteiger charge is -2.23. The molecule has 0 fully saturated rings. The van der Waals surface area contributed by atoms with Gasteiger partial charge in [-0.1, -0.05) is 28.1 Å². The van der Waals surface area contributed by atoms with E-state index >= 15 is 0 Å². The van der Waals surface area contributed by atoms with E-state index in [-0.39, 0.29) is 17.4 Å². The van der Waals surface area contributed by atoms with Gasteiger partial charge in [-0.05, 0) is 12.1 Å². The Morgan fingerprint density at radius 1 is 1.28 bits per heavy atom. The average molecular weight is 328 g/mol. The number of amides is 1. The Morgan fingerprint density at radius 3 is 2.39 bits per heavy atom. The van der Waals surface area contributed by atoms with Gasteiger partial charge in [-0.25, -0.2) is 4.39 Å². The summed E-state index contributed by atoms with van der Waals surface area (Å²) in [4.78, 5) is 12.4. The van der Waals surface area contributed by atoms with Gasteiger partial charge < -0.3 is 4.90 Å². The summed E-state index contributed by atoms with van der Waals surface area (Å²) in [6.45, 7) is -1.54. The predicted octanol–water partition coefficient (Wildman–Crippen LogP) is 3.23. The molecule has 0 unspecified atom stereocenters. The standard InChI is InChI=1S/C11H10BrF4NO/c12-5-6-17(7-11(14,15)16)10(18)8-3-1-2-4-9(8)13/h1-4H,5-7H2. The van der Waals surface area contributed by atoms with Crippen molar-refractivity contribution in [2.24, 2.45) is 0 Å². The van der Waals surface area contributed by atoms with Crippen molar-refractivity contribution in [1.82, 2.24) is 4.90 Å². The van der Waals surface area contributed by atoms with Gasteiger partial charge in [-0.15, -0.1) is 0 Å². The summed E-state index contributed by atoms with van der Waals surface area (Å²) in [5.41, 5.74) is -0.359. The lowest BCUT2D eigenvalue weighted by Crippen LogP contribution is -2.40. The number of hydrogen-bond donors (Lipinski definition) is 0. The summed E-state index contributed by atoms with van der Waals surface area (Å²) in [5, 5.41) is 0.184. The molecule has 7 heteroatoms. The molecule has 0 aromatic heterocycles. The SMILES string of the molecule is O=C(c1ccccc1F)N(CCBr)CC(F)(F)F. The molecule has 0 saturated heterocycles. The second-order valence-electron chi connectivity index (χ2n) is 3.51. The van der Waals surface area contributed by atoms with Gasteiger partial charge in [0.2, 0.25) is 0 Å². The molecule has 0 aliphatic carbocycles. The second-order valence-corrected chi connectivity index (χ2v) is 4.30. The smallest absolute Gasteiger partial charge is 0.329 e. The minimum atomic E-state index is -4.51. The van der Waals surface area contributed by atoms with E-state index < -0.39 is 24.4 Å². The van der Waals surface area contributed by atoms with Crippen molar-refractivity contribution in [1.29, 1.82) is 0 Å². The highest BCUT2D eigenvalue weighted by Gasteiger charge is 2.33. The van der Waals surface area contributed by atoms with Crippen molar-refractivity contribution in [2.45, 2.75) is 6.18 Å². The second kappa shape index (κ2) is 6.17. The van der Waals surface area contributed by atoms with E-state index in [0.717, 1.165) is 12.1 Å². The molecule has 1 rings (SSSR count). The Balaban J connectivity index is 2.93.